The quantitative estimate of drug-likeness (QED) is 0.891. The molecule has 6 heteroatoms. The van der Waals surface area contributed by atoms with Crippen molar-refractivity contribution in [3.05, 3.63) is 55.9 Å². The summed E-state index contributed by atoms with van der Waals surface area (Å²) in [7, 11) is 0. The van der Waals surface area contributed by atoms with Crippen molar-refractivity contribution < 1.29 is 4.79 Å². The van der Waals surface area contributed by atoms with Crippen molar-refractivity contribution in [2.45, 2.75) is 13.8 Å². The fourth-order valence-corrected chi connectivity index (χ4v) is 1.84. The molecule has 2 aromatic rings. The van der Waals surface area contributed by atoms with E-state index in [-0.39, 0.29) is 10.4 Å². The van der Waals surface area contributed by atoms with Gasteiger partial charge in [0.2, 0.25) is 0 Å². The van der Waals surface area contributed by atoms with Crippen molar-refractivity contribution in [3.63, 3.8) is 0 Å². The van der Waals surface area contributed by atoms with Crippen molar-refractivity contribution in [2.24, 2.45) is 0 Å². The molecule has 19 heavy (non-hydrogen) atoms. The Bertz CT molecular complexity index is 695. The second-order valence-electron chi connectivity index (χ2n) is 4.18. The van der Waals surface area contributed by atoms with E-state index in [0.29, 0.717) is 11.3 Å². The molecule has 0 saturated carbocycles. The fourth-order valence-electron chi connectivity index (χ4n) is 1.55. The van der Waals surface area contributed by atoms with E-state index in [2.05, 4.69) is 31.4 Å². The van der Waals surface area contributed by atoms with Crippen molar-refractivity contribution in [1.82, 2.24) is 10.2 Å². The van der Waals surface area contributed by atoms with Crippen molar-refractivity contribution in [2.75, 3.05) is 5.32 Å². The summed E-state index contributed by atoms with van der Waals surface area (Å²) in [4.78, 5) is 23.4. The first kappa shape index (κ1) is 13.5. The Morgan fingerprint density at radius 1 is 1.32 bits per heavy atom. The number of aromatic nitrogens is 2. The molecule has 0 aliphatic heterocycles. The highest BCUT2D eigenvalue weighted by molar-refractivity contribution is 9.10. The van der Waals surface area contributed by atoms with Crippen LogP contribution in [0.5, 0.6) is 0 Å². The smallest absolute Gasteiger partial charge is 0.280 e. The van der Waals surface area contributed by atoms with Gasteiger partial charge in [-0.25, -0.2) is 5.10 Å². The van der Waals surface area contributed by atoms with E-state index in [1.54, 1.807) is 12.1 Å². The number of carbonyl (C=O) groups excluding carboxylic acids is 1. The van der Waals surface area contributed by atoms with Gasteiger partial charge in [0.15, 0.2) is 0 Å². The minimum atomic E-state index is -0.391. The minimum Gasteiger partial charge on any atom is -0.319 e. The number of hydrogen-bond donors (Lipinski definition) is 2. The van der Waals surface area contributed by atoms with Crippen LogP contribution in [-0.4, -0.2) is 16.1 Å². The van der Waals surface area contributed by atoms with Gasteiger partial charge >= 0.3 is 0 Å². The molecule has 0 fully saturated rings. The van der Waals surface area contributed by atoms with Crippen LogP contribution < -0.4 is 10.9 Å². The number of carbonyl (C=O) groups is 1. The number of benzene rings is 1. The molecule has 2 rings (SSSR count). The Morgan fingerprint density at radius 2 is 2.05 bits per heavy atom. The standard InChI is InChI=1S/C13H12BrN3O2/c1-7-3-4-9(5-8(7)2)12(18)16-10-6-15-17-13(19)11(10)14/h3-6H,1-2H3,(H2,16,17,18,19). The summed E-state index contributed by atoms with van der Waals surface area (Å²) in [5, 5.41) is 8.55. The highest BCUT2D eigenvalue weighted by Gasteiger charge is 2.11. The van der Waals surface area contributed by atoms with Gasteiger partial charge in [-0.05, 0) is 53.0 Å². The zero-order chi connectivity index (χ0) is 14.0. The van der Waals surface area contributed by atoms with Crippen LogP contribution in [-0.2, 0) is 0 Å². The molecule has 1 aromatic carbocycles. The van der Waals surface area contributed by atoms with Gasteiger partial charge in [0.05, 0.1) is 11.9 Å². The number of anilines is 1. The number of nitrogens with zero attached hydrogens (tertiary/aromatic N) is 1. The van der Waals surface area contributed by atoms with Crippen LogP contribution in [0.4, 0.5) is 5.69 Å². The highest BCUT2D eigenvalue weighted by Crippen LogP contribution is 2.17. The normalized spacial score (nSPS) is 10.3. The van der Waals surface area contributed by atoms with Gasteiger partial charge in [-0.15, -0.1) is 0 Å². The van der Waals surface area contributed by atoms with E-state index in [1.165, 1.54) is 6.20 Å². The molecule has 0 aliphatic rings. The zero-order valence-electron chi connectivity index (χ0n) is 10.5. The molecular weight excluding hydrogens is 310 g/mol. The predicted molar refractivity (Wildman–Crippen MR) is 76.4 cm³/mol. The van der Waals surface area contributed by atoms with Crippen LogP contribution in [0.2, 0.25) is 0 Å². The average molecular weight is 322 g/mol. The molecule has 1 aromatic heterocycles. The number of aromatic amines is 1. The molecule has 0 aliphatic carbocycles. The first-order valence-electron chi connectivity index (χ1n) is 5.61. The van der Waals surface area contributed by atoms with Gasteiger partial charge in [0.25, 0.3) is 11.5 Å². The Hall–Kier alpha value is -1.95. The number of amides is 1. The van der Waals surface area contributed by atoms with Crippen LogP contribution in [0.15, 0.2) is 33.7 Å². The number of H-pyrrole nitrogens is 1. The molecule has 0 bridgehead atoms. The van der Waals surface area contributed by atoms with Crippen LogP contribution in [0.3, 0.4) is 0 Å². The Kier molecular flexibility index (Phi) is 3.80. The lowest BCUT2D eigenvalue weighted by Gasteiger charge is -2.07. The summed E-state index contributed by atoms with van der Waals surface area (Å²) in [6.07, 6.45) is 1.38. The summed E-state index contributed by atoms with van der Waals surface area (Å²) in [6.45, 7) is 3.92. The van der Waals surface area contributed by atoms with Crippen molar-refractivity contribution >= 4 is 27.5 Å². The molecule has 5 nitrogen and oxygen atoms in total. The molecule has 2 N–H and O–H groups in total. The van der Waals surface area contributed by atoms with Crippen LogP contribution in [0.25, 0.3) is 0 Å². The summed E-state index contributed by atoms with van der Waals surface area (Å²) in [6, 6.07) is 5.43. The lowest BCUT2D eigenvalue weighted by Crippen LogP contribution is -2.17. The topological polar surface area (TPSA) is 74.8 Å². The largest absolute Gasteiger partial charge is 0.319 e. The summed E-state index contributed by atoms with van der Waals surface area (Å²) in [5.41, 5.74) is 2.64. The van der Waals surface area contributed by atoms with E-state index in [4.69, 9.17) is 0 Å². The van der Waals surface area contributed by atoms with Gasteiger partial charge in [0.1, 0.15) is 4.47 Å². The maximum atomic E-state index is 12.1. The van der Waals surface area contributed by atoms with Crippen LogP contribution >= 0.6 is 15.9 Å². The number of nitrogens with one attached hydrogen (secondary N) is 2. The fraction of sp³-hybridized carbons (Fsp3) is 0.154. The molecule has 0 radical (unpaired) electrons. The van der Waals surface area contributed by atoms with Gasteiger partial charge < -0.3 is 5.32 Å². The number of halogens is 1. The molecule has 1 amide bonds. The lowest BCUT2D eigenvalue weighted by atomic mass is 10.1. The van der Waals surface area contributed by atoms with E-state index in [1.807, 2.05) is 19.9 Å². The SMILES string of the molecule is Cc1ccc(C(=O)Nc2cn[nH]c(=O)c2Br)cc1C. The first-order valence-corrected chi connectivity index (χ1v) is 6.40. The Morgan fingerprint density at radius 3 is 2.74 bits per heavy atom. The van der Waals surface area contributed by atoms with E-state index in [9.17, 15) is 9.59 Å². The molecule has 98 valence electrons. The van der Waals surface area contributed by atoms with Crippen molar-refractivity contribution in [1.29, 1.82) is 0 Å². The summed E-state index contributed by atoms with van der Waals surface area (Å²) < 4.78 is 0.250. The third kappa shape index (κ3) is 2.90. The van der Waals surface area contributed by atoms with Gasteiger partial charge in [0, 0.05) is 5.56 Å². The van der Waals surface area contributed by atoms with Crippen molar-refractivity contribution in [3.8, 4) is 0 Å². The second kappa shape index (κ2) is 5.36. The average Bonchev–Trinajstić information content (AvgIpc) is 2.38. The van der Waals surface area contributed by atoms with E-state index < -0.39 is 5.56 Å². The predicted octanol–water partition coefficient (Wildman–Crippen LogP) is 2.40. The molecule has 0 atom stereocenters. The molecule has 0 saturated heterocycles. The Labute approximate surface area is 118 Å². The van der Waals surface area contributed by atoms with Crippen LogP contribution in [0, 0.1) is 13.8 Å². The van der Waals surface area contributed by atoms with Crippen LogP contribution in [0.1, 0.15) is 21.5 Å². The molecule has 1 heterocycles. The number of aryl methyl sites for hydroxylation is 2. The van der Waals surface area contributed by atoms with E-state index >= 15 is 0 Å². The summed E-state index contributed by atoms with van der Waals surface area (Å²) in [5.74, 6) is -0.281. The third-order valence-corrected chi connectivity index (χ3v) is 3.60. The minimum absolute atomic E-state index is 0.250. The zero-order valence-corrected chi connectivity index (χ0v) is 12.0. The monoisotopic (exact) mass is 321 g/mol. The number of rotatable bonds is 2. The second-order valence-corrected chi connectivity index (χ2v) is 4.97. The number of hydrogen-bond acceptors (Lipinski definition) is 3. The van der Waals surface area contributed by atoms with E-state index in [0.717, 1.165) is 11.1 Å². The summed E-state index contributed by atoms with van der Waals surface area (Å²) >= 11 is 3.11. The molecule has 0 unspecified atom stereocenters. The lowest BCUT2D eigenvalue weighted by molar-refractivity contribution is 0.102. The Balaban J connectivity index is 2.28. The van der Waals surface area contributed by atoms with Gasteiger partial charge in [-0.2, -0.15) is 5.10 Å². The first-order chi connectivity index (χ1) is 8.99. The maximum absolute atomic E-state index is 12.1. The molecule has 0 spiro atoms. The molecular formula is C13H12BrN3O2. The maximum Gasteiger partial charge on any atom is 0.280 e. The van der Waals surface area contributed by atoms with Gasteiger partial charge in [-0.1, -0.05) is 6.07 Å². The third-order valence-electron chi connectivity index (χ3n) is 2.81. The van der Waals surface area contributed by atoms with Gasteiger partial charge in [-0.3, -0.25) is 9.59 Å². The highest BCUT2D eigenvalue weighted by atomic mass is 79.9.